The molecule has 1 heterocycles. The Morgan fingerprint density at radius 1 is 0.909 bits per heavy atom. The molecule has 0 amide bonds. The van der Waals surface area contributed by atoms with Gasteiger partial charge in [-0.05, 0) is 22.9 Å². The lowest BCUT2D eigenvalue weighted by atomic mass is 9.99. The molecule has 6 heteroatoms. The quantitative estimate of drug-likeness (QED) is 0.638. The fourth-order valence-electron chi connectivity index (χ4n) is 2.54. The Hall–Kier alpha value is -1.70. The lowest BCUT2D eigenvalue weighted by molar-refractivity contribution is -0.277. The maximum atomic E-state index is 9.95. The second-order valence-electron chi connectivity index (χ2n) is 5.32. The molecule has 1 fully saturated rings. The van der Waals surface area contributed by atoms with Crippen LogP contribution in [0.15, 0.2) is 42.5 Å². The minimum absolute atomic E-state index is 0.461. The highest BCUT2D eigenvalue weighted by atomic mass is 16.7. The van der Waals surface area contributed by atoms with Crippen molar-refractivity contribution in [2.75, 3.05) is 6.61 Å². The molecule has 2 unspecified atom stereocenters. The number of ether oxygens (including phenoxy) is 2. The predicted octanol–water partition coefficient (Wildman–Crippen LogP) is 0.0185. The zero-order chi connectivity index (χ0) is 15.7. The van der Waals surface area contributed by atoms with E-state index >= 15 is 0 Å². The smallest absolute Gasteiger partial charge is 0.229 e. The van der Waals surface area contributed by atoms with Crippen LogP contribution in [0.5, 0.6) is 5.75 Å². The van der Waals surface area contributed by atoms with Gasteiger partial charge in [0, 0.05) is 0 Å². The molecule has 0 spiro atoms. The summed E-state index contributed by atoms with van der Waals surface area (Å²) in [5.41, 5.74) is 0. The van der Waals surface area contributed by atoms with E-state index in [1.54, 1.807) is 12.1 Å². The molecule has 0 aromatic heterocycles. The van der Waals surface area contributed by atoms with Crippen LogP contribution in [0.3, 0.4) is 0 Å². The van der Waals surface area contributed by atoms with E-state index in [2.05, 4.69) is 0 Å². The van der Waals surface area contributed by atoms with E-state index in [9.17, 15) is 15.3 Å². The monoisotopic (exact) mass is 306 g/mol. The van der Waals surface area contributed by atoms with Crippen LogP contribution in [0.2, 0.25) is 0 Å². The number of aliphatic hydroxyl groups is 4. The van der Waals surface area contributed by atoms with Gasteiger partial charge >= 0.3 is 0 Å². The molecule has 4 N–H and O–H groups in total. The lowest BCUT2D eigenvalue weighted by Crippen LogP contribution is -2.60. The molecular formula is C16H18O6. The predicted molar refractivity (Wildman–Crippen MR) is 78.3 cm³/mol. The molecule has 5 atom stereocenters. The average Bonchev–Trinajstić information content (AvgIpc) is 2.55. The normalized spacial score (nSPS) is 32.1. The van der Waals surface area contributed by atoms with Crippen molar-refractivity contribution in [3.05, 3.63) is 42.5 Å². The molecule has 0 radical (unpaired) electrons. The third-order valence-electron chi connectivity index (χ3n) is 3.82. The van der Waals surface area contributed by atoms with Crippen molar-refractivity contribution in [3.63, 3.8) is 0 Å². The van der Waals surface area contributed by atoms with E-state index in [0.717, 1.165) is 10.8 Å². The van der Waals surface area contributed by atoms with Gasteiger partial charge in [-0.2, -0.15) is 0 Å². The number of hydrogen-bond acceptors (Lipinski definition) is 6. The molecule has 0 bridgehead atoms. The maximum absolute atomic E-state index is 9.95. The van der Waals surface area contributed by atoms with Crippen molar-refractivity contribution < 1.29 is 29.9 Å². The SMILES string of the molecule is OCC1O[C@H](Oc2ccc3ccccc3c2)C(O)[C@H](O)[C@@H]1O. The van der Waals surface area contributed by atoms with Gasteiger partial charge in [0.25, 0.3) is 0 Å². The second kappa shape index (κ2) is 6.20. The first-order chi connectivity index (χ1) is 10.6. The molecule has 6 nitrogen and oxygen atoms in total. The highest BCUT2D eigenvalue weighted by Crippen LogP contribution is 2.26. The van der Waals surface area contributed by atoms with E-state index in [-0.39, 0.29) is 0 Å². The topological polar surface area (TPSA) is 99.4 Å². The van der Waals surface area contributed by atoms with E-state index < -0.39 is 37.3 Å². The van der Waals surface area contributed by atoms with Crippen LogP contribution in [0.25, 0.3) is 10.8 Å². The number of hydrogen-bond donors (Lipinski definition) is 4. The molecule has 2 aromatic carbocycles. The first-order valence-corrected chi connectivity index (χ1v) is 7.06. The first kappa shape index (κ1) is 15.2. The number of benzene rings is 2. The summed E-state index contributed by atoms with van der Waals surface area (Å²) in [6, 6.07) is 13.1. The molecule has 118 valence electrons. The van der Waals surface area contributed by atoms with Gasteiger partial charge in [0.15, 0.2) is 0 Å². The molecule has 1 saturated heterocycles. The Labute approximate surface area is 127 Å². The molecule has 0 saturated carbocycles. The molecule has 1 aliphatic heterocycles. The van der Waals surface area contributed by atoms with E-state index in [4.69, 9.17) is 14.6 Å². The Balaban J connectivity index is 1.80. The van der Waals surface area contributed by atoms with Gasteiger partial charge in [-0.15, -0.1) is 0 Å². The fraction of sp³-hybridized carbons (Fsp3) is 0.375. The first-order valence-electron chi connectivity index (χ1n) is 7.06. The standard InChI is InChI=1S/C16H18O6/c17-8-12-13(18)14(19)15(20)16(22-12)21-11-6-5-9-3-1-2-4-10(9)7-11/h1-7,12-20H,8H2/t12?,13-,14-,15?,16+/m1/s1. The minimum atomic E-state index is -1.45. The largest absolute Gasteiger partial charge is 0.462 e. The van der Waals surface area contributed by atoms with Crippen LogP contribution in [-0.2, 0) is 4.74 Å². The molecular weight excluding hydrogens is 288 g/mol. The number of fused-ring (bicyclic) bond motifs is 1. The van der Waals surface area contributed by atoms with Crippen molar-refractivity contribution in [2.45, 2.75) is 30.7 Å². The van der Waals surface area contributed by atoms with Crippen LogP contribution >= 0.6 is 0 Å². The number of aliphatic hydroxyl groups excluding tert-OH is 4. The summed E-state index contributed by atoms with van der Waals surface area (Å²) in [4.78, 5) is 0. The van der Waals surface area contributed by atoms with E-state index in [1.807, 2.05) is 30.3 Å². The van der Waals surface area contributed by atoms with Gasteiger partial charge in [0.1, 0.15) is 30.2 Å². The summed E-state index contributed by atoms with van der Waals surface area (Å²) in [5, 5.41) is 40.6. The number of rotatable bonds is 3. The third-order valence-corrected chi connectivity index (χ3v) is 3.82. The Bertz CT molecular complexity index is 643. The maximum Gasteiger partial charge on any atom is 0.229 e. The summed E-state index contributed by atoms with van der Waals surface area (Å²) >= 11 is 0. The van der Waals surface area contributed by atoms with Gasteiger partial charge in [-0.3, -0.25) is 0 Å². The van der Waals surface area contributed by atoms with Crippen LogP contribution in [0.1, 0.15) is 0 Å². The van der Waals surface area contributed by atoms with Crippen molar-refractivity contribution >= 4 is 10.8 Å². The van der Waals surface area contributed by atoms with Gasteiger partial charge < -0.3 is 29.9 Å². The highest BCUT2D eigenvalue weighted by Gasteiger charge is 2.44. The fourth-order valence-corrected chi connectivity index (χ4v) is 2.54. The van der Waals surface area contributed by atoms with Crippen molar-refractivity contribution in [2.24, 2.45) is 0 Å². The van der Waals surface area contributed by atoms with Gasteiger partial charge in [0.2, 0.25) is 6.29 Å². The summed E-state index contributed by atoms with van der Waals surface area (Å²) in [5.74, 6) is 0.461. The second-order valence-corrected chi connectivity index (χ2v) is 5.32. The third kappa shape index (κ3) is 2.79. The van der Waals surface area contributed by atoms with Gasteiger partial charge in [0.05, 0.1) is 6.61 Å². The Kier molecular flexibility index (Phi) is 4.28. The van der Waals surface area contributed by atoms with Crippen LogP contribution < -0.4 is 4.74 Å². The molecule has 3 rings (SSSR count). The Morgan fingerprint density at radius 2 is 1.64 bits per heavy atom. The highest BCUT2D eigenvalue weighted by molar-refractivity contribution is 5.83. The molecule has 2 aromatic rings. The zero-order valence-corrected chi connectivity index (χ0v) is 11.7. The van der Waals surface area contributed by atoms with Gasteiger partial charge in [-0.1, -0.05) is 30.3 Å². The van der Waals surface area contributed by atoms with Crippen molar-refractivity contribution in [1.29, 1.82) is 0 Å². The van der Waals surface area contributed by atoms with Gasteiger partial charge in [-0.25, -0.2) is 0 Å². The van der Waals surface area contributed by atoms with Crippen LogP contribution in [-0.4, -0.2) is 57.7 Å². The summed E-state index contributed by atoms with van der Waals surface area (Å²) in [6.07, 6.45) is -6.40. The molecule has 0 aliphatic carbocycles. The Morgan fingerprint density at radius 3 is 2.36 bits per heavy atom. The van der Waals surface area contributed by atoms with Crippen molar-refractivity contribution in [3.8, 4) is 5.75 Å². The average molecular weight is 306 g/mol. The van der Waals surface area contributed by atoms with E-state index in [0.29, 0.717) is 5.75 Å². The molecule has 1 aliphatic rings. The summed E-state index contributed by atoms with van der Waals surface area (Å²) in [6.45, 7) is -0.484. The summed E-state index contributed by atoms with van der Waals surface area (Å²) in [7, 11) is 0. The van der Waals surface area contributed by atoms with E-state index in [1.165, 1.54) is 0 Å². The summed E-state index contributed by atoms with van der Waals surface area (Å²) < 4.78 is 10.9. The zero-order valence-electron chi connectivity index (χ0n) is 11.7. The van der Waals surface area contributed by atoms with Crippen LogP contribution in [0.4, 0.5) is 0 Å². The minimum Gasteiger partial charge on any atom is -0.462 e. The lowest BCUT2D eigenvalue weighted by Gasteiger charge is -2.39. The molecule has 22 heavy (non-hydrogen) atoms. The van der Waals surface area contributed by atoms with Crippen molar-refractivity contribution in [1.82, 2.24) is 0 Å². The van der Waals surface area contributed by atoms with Crippen LogP contribution in [0, 0.1) is 0 Å².